The van der Waals surface area contributed by atoms with Gasteiger partial charge in [0.25, 0.3) is 5.91 Å². The molecule has 3 aromatic rings. The molecule has 0 bridgehead atoms. The van der Waals surface area contributed by atoms with Crippen LogP contribution in [0.15, 0.2) is 60.7 Å². The molecule has 0 saturated heterocycles. The first kappa shape index (κ1) is 19.0. The SMILES string of the molecule is Cc1cc(C(=O)N2CC(C(=O)O)c3ccccc32)c(C)n1C(C)c1ccccc1. The number of carbonyl (C=O) groups excluding carboxylic acids is 1. The molecule has 1 aromatic heterocycles. The van der Waals surface area contributed by atoms with Crippen LogP contribution in [0, 0.1) is 13.8 Å². The van der Waals surface area contributed by atoms with Crippen LogP contribution in [-0.2, 0) is 4.79 Å². The fourth-order valence-electron chi connectivity index (χ4n) is 4.43. The van der Waals surface area contributed by atoms with E-state index in [4.69, 9.17) is 0 Å². The molecule has 2 atom stereocenters. The van der Waals surface area contributed by atoms with Gasteiger partial charge in [-0.15, -0.1) is 0 Å². The topological polar surface area (TPSA) is 62.5 Å². The Kier molecular flexibility index (Phi) is 4.74. The highest BCUT2D eigenvalue weighted by Crippen LogP contribution is 2.38. The van der Waals surface area contributed by atoms with Crippen molar-refractivity contribution in [1.29, 1.82) is 0 Å². The largest absolute Gasteiger partial charge is 0.481 e. The third-order valence-electron chi connectivity index (χ3n) is 5.90. The van der Waals surface area contributed by atoms with Crippen LogP contribution in [0.5, 0.6) is 0 Å². The summed E-state index contributed by atoms with van der Waals surface area (Å²) in [6, 6.07) is 19.5. The second kappa shape index (κ2) is 7.24. The van der Waals surface area contributed by atoms with Crippen molar-refractivity contribution >= 4 is 17.6 Å². The van der Waals surface area contributed by atoms with Crippen molar-refractivity contribution < 1.29 is 14.7 Å². The van der Waals surface area contributed by atoms with E-state index in [0.717, 1.165) is 11.4 Å². The second-order valence-corrected chi connectivity index (χ2v) is 7.61. The summed E-state index contributed by atoms with van der Waals surface area (Å²) in [7, 11) is 0. The number of aryl methyl sites for hydroxylation is 1. The van der Waals surface area contributed by atoms with Gasteiger partial charge in [-0.05, 0) is 44.0 Å². The maximum Gasteiger partial charge on any atom is 0.312 e. The standard InChI is InChI=1S/C24H24N2O3/c1-15-13-20(17(3)26(15)16(2)18-9-5-4-6-10-18)23(27)25-14-21(24(28)29)19-11-7-8-12-22(19)25/h4-13,16,21H,14H2,1-3H3,(H,28,29). The molecule has 2 aromatic carbocycles. The van der Waals surface area contributed by atoms with Crippen LogP contribution in [0.4, 0.5) is 5.69 Å². The first-order valence-electron chi connectivity index (χ1n) is 9.77. The number of carboxylic acids is 1. The van der Waals surface area contributed by atoms with E-state index in [1.54, 1.807) is 11.0 Å². The number of para-hydroxylation sites is 1. The molecule has 1 aliphatic rings. The number of aromatic nitrogens is 1. The van der Waals surface area contributed by atoms with Crippen LogP contribution < -0.4 is 4.90 Å². The van der Waals surface area contributed by atoms with Crippen molar-refractivity contribution in [2.75, 3.05) is 11.4 Å². The van der Waals surface area contributed by atoms with Crippen LogP contribution in [0.1, 0.15) is 51.8 Å². The number of nitrogens with zero attached hydrogens (tertiary/aromatic N) is 2. The van der Waals surface area contributed by atoms with Gasteiger partial charge in [-0.3, -0.25) is 9.59 Å². The minimum atomic E-state index is -0.907. The lowest BCUT2D eigenvalue weighted by atomic mass is 10.0. The van der Waals surface area contributed by atoms with E-state index < -0.39 is 11.9 Å². The van der Waals surface area contributed by atoms with Crippen molar-refractivity contribution in [2.45, 2.75) is 32.7 Å². The number of aliphatic carboxylic acids is 1. The quantitative estimate of drug-likeness (QED) is 0.714. The highest BCUT2D eigenvalue weighted by Gasteiger charge is 2.37. The normalized spacial score (nSPS) is 16.5. The number of benzene rings is 2. The Balaban J connectivity index is 1.72. The van der Waals surface area contributed by atoms with E-state index in [9.17, 15) is 14.7 Å². The van der Waals surface area contributed by atoms with Crippen molar-refractivity contribution in [3.05, 3.63) is 88.7 Å². The number of anilines is 1. The average Bonchev–Trinajstić information content (AvgIpc) is 3.25. The zero-order chi connectivity index (χ0) is 20.7. The zero-order valence-corrected chi connectivity index (χ0v) is 16.8. The lowest BCUT2D eigenvalue weighted by molar-refractivity contribution is -0.138. The minimum Gasteiger partial charge on any atom is -0.481 e. The Hall–Kier alpha value is -3.34. The number of fused-ring (bicyclic) bond motifs is 1. The monoisotopic (exact) mass is 388 g/mol. The van der Waals surface area contributed by atoms with Crippen molar-refractivity contribution in [2.24, 2.45) is 0 Å². The summed E-state index contributed by atoms with van der Waals surface area (Å²) in [5.74, 6) is -1.75. The Bertz CT molecular complexity index is 1080. The summed E-state index contributed by atoms with van der Waals surface area (Å²) >= 11 is 0. The predicted octanol–water partition coefficient (Wildman–Crippen LogP) is 4.54. The summed E-state index contributed by atoms with van der Waals surface area (Å²) in [6.07, 6.45) is 0. The number of rotatable bonds is 4. The summed E-state index contributed by atoms with van der Waals surface area (Å²) in [4.78, 5) is 26.7. The van der Waals surface area contributed by atoms with Crippen LogP contribution in [0.2, 0.25) is 0 Å². The molecule has 2 unspecified atom stereocenters. The molecular weight excluding hydrogens is 364 g/mol. The summed E-state index contributed by atoms with van der Waals surface area (Å²) in [5.41, 5.74) is 5.06. The lowest BCUT2D eigenvalue weighted by Gasteiger charge is -2.20. The Morgan fingerprint density at radius 2 is 1.69 bits per heavy atom. The average molecular weight is 388 g/mol. The third kappa shape index (κ3) is 3.12. The lowest BCUT2D eigenvalue weighted by Crippen LogP contribution is -2.31. The molecule has 148 valence electrons. The molecular formula is C24H24N2O3. The summed E-state index contributed by atoms with van der Waals surface area (Å²) in [6.45, 7) is 6.23. The molecule has 0 radical (unpaired) electrons. The molecule has 2 heterocycles. The van der Waals surface area contributed by atoms with E-state index >= 15 is 0 Å². The van der Waals surface area contributed by atoms with Crippen LogP contribution in [0.25, 0.3) is 0 Å². The highest BCUT2D eigenvalue weighted by atomic mass is 16.4. The van der Waals surface area contributed by atoms with Gasteiger partial charge in [0, 0.05) is 23.6 Å². The van der Waals surface area contributed by atoms with Gasteiger partial charge in [-0.1, -0.05) is 48.5 Å². The van der Waals surface area contributed by atoms with E-state index in [1.165, 1.54) is 5.56 Å². The van der Waals surface area contributed by atoms with Gasteiger partial charge < -0.3 is 14.6 Å². The maximum atomic E-state index is 13.4. The zero-order valence-electron chi connectivity index (χ0n) is 16.8. The fourth-order valence-corrected chi connectivity index (χ4v) is 4.43. The van der Waals surface area contributed by atoms with E-state index in [-0.39, 0.29) is 18.5 Å². The second-order valence-electron chi connectivity index (χ2n) is 7.61. The molecule has 0 fully saturated rings. The van der Waals surface area contributed by atoms with Crippen LogP contribution in [-0.4, -0.2) is 28.1 Å². The number of hydrogen-bond acceptors (Lipinski definition) is 2. The van der Waals surface area contributed by atoms with Gasteiger partial charge in [0.05, 0.1) is 11.6 Å². The minimum absolute atomic E-state index is 0.0929. The van der Waals surface area contributed by atoms with Gasteiger partial charge >= 0.3 is 5.97 Å². The predicted molar refractivity (Wildman–Crippen MR) is 113 cm³/mol. The van der Waals surface area contributed by atoms with E-state index in [2.05, 4.69) is 23.6 Å². The molecule has 29 heavy (non-hydrogen) atoms. The molecule has 0 aliphatic carbocycles. The van der Waals surface area contributed by atoms with Gasteiger partial charge in [0.15, 0.2) is 0 Å². The summed E-state index contributed by atoms with van der Waals surface area (Å²) < 4.78 is 2.17. The van der Waals surface area contributed by atoms with Gasteiger partial charge in [0.2, 0.25) is 0 Å². The van der Waals surface area contributed by atoms with Crippen molar-refractivity contribution in [1.82, 2.24) is 4.57 Å². The first-order valence-corrected chi connectivity index (χ1v) is 9.77. The van der Waals surface area contributed by atoms with Gasteiger partial charge in [-0.2, -0.15) is 0 Å². The van der Waals surface area contributed by atoms with Gasteiger partial charge in [-0.25, -0.2) is 0 Å². The molecule has 5 heteroatoms. The first-order chi connectivity index (χ1) is 13.9. The highest BCUT2D eigenvalue weighted by molar-refractivity contribution is 6.09. The van der Waals surface area contributed by atoms with E-state index in [1.807, 2.05) is 56.3 Å². The molecule has 0 saturated carbocycles. The number of amides is 1. The number of carboxylic acid groups (broad SMARTS) is 1. The Labute approximate surface area is 170 Å². The third-order valence-corrected chi connectivity index (χ3v) is 5.90. The molecule has 1 N–H and O–H groups in total. The Morgan fingerprint density at radius 3 is 2.38 bits per heavy atom. The summed E-state index contributed by atoms with van der Waals surface area (Å²) in [5, 5.41) is 9.59. The van der Waals surface area contributed by atoms with Crippen LogP contribution >= 0.6 is 0 Å². The Morgan fingerprint density at radius 1 is 1.03 bits per heavy atom. The van der Waals surface area contributed by atoms with Gasteiger partial charge in [0.1, 0.15) is 5.92 Å². The maximum absolute atomic E-state index is 13.4. The number of carbonyl (C=O) groups is 2. The molecule has 0 spiro atoms. The van der Waals surface area contributed by atoms with Crippen molar-refractivity contribution in [3.63, 3.8) is 0 Å². The number of hydrogen-bond donors (Lipinski definition) is 1. The fraction of sp³-hybridized carbons (Fsp3) is 0.250. The molecule has 4 rings (SSSR count). The van der Waals surface area contributed by atoms with E-state index in [0.29, 0.717) is 16.8 Å². The van der Waals surface area contributed by atoms with Crippen molar-refractivity contribution in [3.8, 4) is 0 Å². The van der Waals surface area contributed by atoms with Crippen LogP contribution in [0.3, 0.4) is 0 Å². The smallest absolute Gasteiger partial charge is 0.312 e. The molecule has 5 nitrogen and oxygen atoms in total. The molecule has 1 aliphatic heterocycles. The molecule has 1 amide bonds.